The highest BCUT2D eigenvalue weighted by Gasteiger charge is 2.32. The molecule has 0 atom stereocenters. The molecule has 1 aromatic heterocycles. The lowest BCUT2D eigenvalue weighted by Crippen LogP contribution is -2.39. The van der Waals surface area contributed by atoms with E-state index in [2.05, 4.69) is 10.4 Å². The molecule has 0 amide bonds. The Balaban J connectivity index is 2.74. The zero-order valence-electron chi connectivity index (χ0n) is 12.7. The highest BCUT2D eigenvalue weighted by atomic mass is 32.3. The summed E-state index contributed by atoms with van der Waals surface area (Å²) in [7, 11) is -8.40. The lowest BCUT2D eigenvalue weighted by Gasteiger charge is -2.23. The van der Waals surface area contributed by atoms with Crippen LogP contribution in [0.4, 0.5) is 10.1 Å². The van der Waals surface area contributed by atoms with E-state index in [9.17, 15) is 26.0 Å². The number of nitrogens with zero attached hydrogens (tertiary/aromatic N) is 4. The van der Waals surface area contributed by atoms with Crippen LogP contribution in [0.1, 0.15) is 13.8 Å². The van der Waals surface area contributed by atoms with Crippen LogP contribution in [0.25, 0.3) is 5.69 Å². The van der Waals surface area contributed by atoms with Crippen LogP contribution in [0.2, 0.25) is 0 Å². The standard InChI is InChI=1S/C11H14FN5O5S2/c1-3-23(19,20)17(24(21,22)4-2)8-5-6-9(12)10(7-8)16-11(18)13-14-15-16/h5-7H,3-4H2,1-2H3,(H,13,15,18). The molecule has 0 unspecified atom stereocenters. The highest BCUT2D eigenvalue weighted by molar-refractivity contribution is 8.10. The first-order valence-corrected chi connectivity index (χ1v) is 9.92. The molecule has 0 saturated heterocycles. The molecule has 0 spiro atoms. The minimum Gasteiger partial charge on any atom is -0.244 e. The molecule has 0 aliphatic rings. The molecule has 10 nitrogen and oxygen atoms in total. The van der Waals surface area contributed by atoms with Crippen molar-refractivity contribution < 1.29 is 21.2 Å². The Bertz CT molecular complexity index is 977. The number of rotatable bonds is 6. The summed E-state index contributed by atoms with van der Waals surface area (Å²) in [4.78, 5) is 11.5. The predicted octanol–water partition coefficient (Wildman–Crippen LogP) is -0.399. The van der Waals surface area contributed by atoms with Crippen LogP contribution in [0, 0.1) is 5.82 Å². The van der Waals surface area contributed by atoms with Gasteiger partial charge in [0.15, 0.2) is 0 Å². The number of hydrogen-bond donors (Lipinski definition) is 1. The number of hydrogen-bond acceptors (Lipinski definition) is 7. The van der Waals surface area contributed by atoms with E-state index in [1.54, 1.807) is 0 Å². The SMILES string of the molecule is CCS(=O)(=O)N(c1ccc(F)c(-n2nn[nH]c2=O)c1)S(=O)(=O)CC. The van der Waals surface area contributed by atoms with Gasteiger partial charge in [-0.05, 0) is 42.5 Å². The van der Waals surface area contributed by atoms with Crippen LogP contribution in [0.3, 0.4) is 0 Å². The van der Waals surface area contributed by atoms with Crippen LogP contribution in [0.15, 0.2) is 23.0 Å². The first kappa shape index (κ1) is 18.1. The van der Waals surface area contributed by atoms with Crippen molar-refractivity contribution in [1.29, 1.82) is 0 Å². The Morgan fingerprint density at radius 3 is 2.21 bits per heavy atom. The van der Waals surface area contributed by atoms with Crippen LogP contribution < -0.4 is 9.40 Å². The number of anilines is 1. The van der Waals surface area contributed by atoms with Crippen LogP contribution in [-0.4, -0.2) is 48.5 Å². The maximum absolute atomic E-state index is 14.0. The molecule has 13 heteroatoms. The van der Waals surface area contributed by atoms with Gasteiger partial charge in [-0.15, -0.1) is 0 Å². The summed E-state index contributed by atoms with van der Waals surface area (Å²) < 4.78 is 63.6. The normalized spacial score (nSPS) is 12.3. The van der Waals surface area contributed by atoms with Gasteiger partial charge in [0.25, 0.3) is 0 Å². The molecular formula is C11H14FN5O5S2. The van der Waals surface area contributed by atoms with Gasteiger partial charge in [0.1, 0.15) is 11.5 Å². The van der Waals surface area contributed by atoms with Gasteiger partial charge in [-0.2, -0.15) is 8.39 Å². The third kappa shape index (κ3) is 3.17. The van der Waals surface area contributed by atoms with Crippen LogP contribution >= 0.6 is 0 Å². The van der Waals surface area contributed by atoms with Crippen molar-refractivity contribution in [2.24, 2.45) is 0 Å². The van der Waals surface area contributed by atoms with Gasteiger partial charge in [0.05, 0.1) is 17.2 Å². The van der Waals surface area contributed by atoms with E-state index >= 15 is 0 Å². The Morgan fingerprint density at radius 1 is 1.17 bits per heavy atom. The van der Waals surface area contributed by atoms with Crippen molar-refractivity contribution in [1.82, 2.24) is 20.2 Å². The summed E-state index contributed by atoms with van der Waals surface area (Å²) in [6.07, 6.45) is 0. The Kier molecular flexibility index (Phi) is 4.75. The second kappa shape index (κ2) is 6.32. The van der Waals surface area contributed by atoms with E-state index in [-0.39, 0.29) is 9.40 Å². The predicted molar refractivity (Wildman–Crippen MR) is 83.3 cm³/mol. The summed E-state index contributed by atoms with van der Waals surface area (Å²) in [5.74, 6) is -1.87. The third-order valence-corrected chi connectivity index (χ3v) is 7.33. The van der Waals surface area contributed by atoms with Gasteiger partial charge in [-0.25, -0.2) is 31.1 Å². The summed E-state index contributed by atoms with van der Waals surface area (Å²) in [6, 6.07) is 2.74. The molecule has 0 bridgehead atoms. The fourth-order valence-electron chi connectivity index (χ4n) is 1.86. The number of halogens is 1. The summed E-state index contributed by atoms with van der Waals surface area (Å²) >= 11 is 0. The van der Waals surface area contributed by atoms with Gasteiger partial charge in [-0.1, -0.05) is 0 Å². The molecule has 132 valence electrons. The Labute approximate surface area is 137 Å². The number of aromatic nitrogens is 4. The van der Waals surface area contributed by atoms with Crippen molar-refractivity contribution in [2.75, 3.05) is 15.2 Å². The molecule has 1 heterocycles. The van der Waals surface area contributed by atoms with Crippen molar-refractivity contribution in [3.8, 4) is 5.69 Å². The monoisotopic (exact) mass is 379 g/mol. The summed E-state index contributed by atoms with van der Waals surface area (Å²) in [5, 5.41) is 8.51. The van der Waals surface area contributed by atoms with Gasteiger partial charge < -0.3 is 0 Å². The molecule has 1 aromatic carbocycles. The first-order chi connectivity index (χ1) is 11.1. The molecule has 0 fully saturated rings. The summed E-state index contributed by atoms with van der Waals surface area (Å²) in [6.45, 7) is 2.56. The molecule has 0 aliphatic heterocycles. The molecule has 24 heavy (non-hydrogen) atoms. The second-order valence-electron chi connectivity index (χ2n) is 4.55. The molecule has 0 aliphatic carbocycles. The topological polar surface area (TPSA) is 135 Å². The van der Waals surface area contributed by atoms with E-state index in [1.165, 1.54) is 13.8 Å². The molecule has 2 rings (SSSR count). The van der Waals surface area contributed by atoms with E-state index < -0.39 is 48.7 Å². The maximum atomic E-state index is 14.0. The molecular weight excluding hydrogens is 365 g/mol. The van der Waals surface area contributed by atoms with Gasteiger partial charge in [0, 0.05) is 0 Å². The van der Waals surface area contributed by atoms with Gasteiger partial charge >= 0.3 is 5.69 Å². The van der Waals surface area contributed by atoms with Crippen LogP contribution in [0.5, 0.6) is 0 Å². The van der Waals surface area contributed by atoms with Gasteiger partial charge in [-0.3, -0.25) is 0 Å². The van der Waals surface area contributed by atoms with Crippen molar-refractivity contribution in [3.05, 3.63) is 34.5 Å². The maximum Gasteiger partial charge on any atom is 0.365 e. The Morgan fingerprint density at radius 2 is 1.75 bits per heavy atom. The highest BCUT2D eigenvalue weighted by Crippen LogP contribution is 2.26. The number of nitrogens with one attached hydrogen (secondary N) is 1. The fourth-order valence-corrected chi connectivity index (χ4v) is 5.22. The average molecular weight is 379 g/mol. The number of tetrazole rings is 1. The lowest BCUT2D eigenvalue weighted by molar-refractivity contribution is 0.584. The van der Waals surface area contributed by atoms with Crippen molar-refractivity contribution in [2.45, 2.75) is 13.8 Å². The molecule has 0 saturated carbocycles. The smallest absolute Gasteiger partial charge is 0.244 e. The van der Waals surface area contributed by atoms with Crippen molar-refractivity contribution in [3.63, 3.8) is 0 Å². The van der Waals surface area contributed by atoms with Crippen LogP contribution in [-0.2, 0) is 20.0 Å². The average Bonchev–Trinajstić information content (AvgIpc) is 2.94. The molecule has 1 N–H and O–H groups in total. The zero-order chi connectivity index (χ0) is 18.1. The summed E-state index contributed by atoms with van der Waals surface area (Å²) in [5.41, 5.74) is -1.63. The quantitative estimate of drug-likeness (QED) is 0.721. The largest absolute Gasteiger partial charge is 0.365 e. The minimum absolute atomic E-state index is 0.230. The number of benzene rings is 1. The van der Waals surface area contributed by atoms with E-state index in [0.29, 0.717) is 4.68 Å². The number of aromatic amines is 1. The zero-order valence-corrected chi connectivity index (χ0v) is 14.3. The fraction of sp³-hybridized carbons (Fsp3) is 0.364. The Hall–Kier alpha value is -2.28. The number of sulfonamides is 2. The number of H-pyrrole nitrogens is 1. The lowest BCUT2D eigenvalue weighted by atomic mass is 10.3. The van der Waals surface area contributed by atoms with Crippen molar-refractivity contribution >= 4 is 25.7 Å². The van der Waals surface area contributed by atoms with Gasteiger partial charge in [0.2, 0.25) is 20.0 Å². The first-order valence-electron chi connectivity index (χ1n) is 6.70. The molecule has 2 aromatic rings. The minimum atomic E-state index is -4.20. The third-order valence-electron chi connectivity index (χ3n) is 3.08. The van der Waals surface area contributed by atoms with E-state index in [1.807, 2.05) is 5.10 Å². The van der Waals surface area contributed by atoms with E-state index in [4.69, 9.17) is 0 Å². The van der Waals surface area contributed by atoms with E-state index in [0.717, 1.165) is 18.2 Å². The second-order valence-corrected chi connectivity index (χ2v) is 9.00. The molecule has 0 radical (unpaired) electrons.